The van der Waals surface area contributed by atoms with Crippen molar-refractivity contribution in [3.63, 3.8) is 0 Å². The molecule has 1 aliphatic heterocycles. The molecule has 0 unspecified atom stereocenters. The topological polar surface area (TPSA) is 70.4 Å². The highest BCUT2D eigenvalue weighted by molar-refractivity contribution is 6.06. The molecule has 1 saturated heterocycles. The van der Waals surface area contributed by atoms with Gasteiger partial charge in [0.1, 0.15) is 11.3 Å². The molecule has 6 nitrogen and oxygen atoms in total. The third-order valence-electron chi connectivity index (χ3n) is 5.58. The molecule has 1 amide bonds. The third kappa shape index (κ3) is 4.35. The van der Waals surface area contributed by atoms with Crippen molar-refractivity contribution in [1.29, 1.82) is 0 Å². The highest BCUT2D eigenvalue weighted by Gasteiger charge is 2.15. The van der Waals surface area contributed by atoms with Crippen molar-refractivity contribution in [3.05, 3.63) is 84.2 Å². The van der Waals surface area contributed by atoms with Gasteiger partial charge in [-0.1, -0.05) is 18.2 Å². The molecule has 156 valence electrons. The minimum atomic E-state index is -0.177. The largest absolute Gasteiger partial charge is 0.456 e. The van der Waals surface area contributed by atoms with E-state index in [4.69, 9.17) is 4.42 Å². The summed E-state index contributed by atoms with van der Waals surface area (Å²) in [5.41, 5.74) is 4.25. The molecular weight excluding hydrogens is 388 g/mol. The number of benzene rings is 2. The molecule has 0 saturated carbocycles. The second kappa shape index (κ2) is 8.71. The maximum absolute atomic E-state index is 12.6. The predicted octanol–water partition coefficient (Wildman–Crippen LogP) is 4.15. The van der Waals surface area contributed by atoms with Crippen molar-refractivity contribution in [3.8, 4) is 11.3 Å². The third-order valence-corrected chi connectivity index (χ3v) is 5.58. The summed E-state index contributed by atoms with van der Waals surface area (Å²) in [5, 5.41) is 7.45. The van der Waals surface area contributed by atoms with E-state index in [1.165, 1.54) is 5.56 Å². The first-order chi connectivity index (χ1) is 15.3. The molecule has 5 rings (SSSR count). The molecule has 4 aromatic rings. The fourth-order valence-electron chi connectivity index (χ4n) is 3.96. The maximum atomic E-state index is 12.6. The van der Waals surface area contributed by atoms with Crippen LogP contribution in [0.2, 0.25) is 0 Å². The van der Waals surface area contributed by atoms with Crippen LogP contribution in [0.15, 0.2) is 77.5 Å². The van der Waals surface area contributed by atoms with Crippen LogP contribution in [0.3, 0.4) is 0 Å². The van der Waals surface area contributed by atoms with Gasteiger partial charge in [0.15, 0.2) is 0 Å². The molecule has 1 aliphatic rings. The van der Waals surface area contributed by atoms with E-state index in [9.17, 15) is 4.79 Å². The van der Waals surface area contributed by atoms with Crippen LogP contribution in [0.4, 0.5) is 5.69 Å². The van der Waals surface area contributed by atoms with Crippen LogP contribution in [-0.4, -0.2) is 42.0 Å². The molecular formula is C25H24N4O2. The summed E-state index contributed by atoms with van der Waals surface area (Å²) in [4.78, 5) is 19.1. The SMILES string of the molecule is O=C(Nc1ccccc1-c1cc2cc(CN3CCNCC3)ccc2o1)c1ccncc1. The van der Waals surface area contributed by atoms with E-state index in [0.29, 0.717) is 11.3 Å². The summed E-state index contributed by atoms with van der Waals surface area (Å²) < 4.78 is 6.14. The highest BCUT2D eigenvalue weighted by atomic mass is 16.3. The molecule has 0 spiro atoms. The smallest absolute Gasteiger partial charge is 0.255 e. The van der Waals surface area contributed by atoms with E-state index in [1.807, 2.05) is 36.4 Å². The van der Waals surface area contributed by atoms with Crippen molar-refractivity contribution >= 4 is 22.6 Å². The molecule has 2 aromatic carbocycles. The Morgan fingerprint density at radius 3 is 2.68 bits per heavy atom. The number of aromatic nitrogens is 1. The van der Waals surface area contributed by atoms with Crippen LogP contribution in [0.25, 0.3) is 22.3 Å². The van der Waals surface area contributed by atoms with Gasteiger partial charge in [-0.15, -0.1) is 0 Å². The van der Waals surface area contributed by atoms with E-state index in [1.54, 1.807) is 24.5 Å². The highest BCUT2D eigenvalue weighted by Crippen LogP contribution is 2.33. The first kappa shape index (κ1) is 19.5. The Bertz CT molecular complexity index is 1200. The van der Waals surface area contributed by atoms with Gasteiger partial charge in [-0.25, -0.2) is 0 Å². The average molecular weight is 412 g/mol. The summed E-state index contributed by atoms with van der Waals surface area (Å²) in [6.07, 6.45) is 3.22. The van der Waals surface area contributed by atoms with E-state index < -0.39 is 0 Å². The minimum Gasteiger partial charge on any atom is -0.456 e. The van der Waals surface area contributed by atoms with Gasteiger partial charge in [-0.3, -0.25) is 14.7 Å². The van der Waals surface area contributed by atoms with Gasteiger partial charge in [-0.05, 0) is 48.0 Å². The Kier molecular flexibility index (Phi) is 5.48. The Morgan fingerprint density at radius 1 is 1.03 bits per heavy atom. The first-order valence-electron chi connectivity index (χ1n) is 10.5. The van der Waals surface area contributed by atoms with Crippen molar-refractivity contribution in [1.82, 2.24) is 15.2 Å². The molecule has 31 heavy (non-hydrogen) atoms. The maximum Gasteiger partial charge on any atom is 0.255 e. The van der Waals surface area contributed by atoms with Gasteiger partial charge in [0, 0.05) is 61.6 Å². The molecule has 6 heteroatoms. The average Bonchev–Trinajstić information content (AvgIpc) is 3.24. The first-order valence-corrected chi connectivity index (χ1v) is 10.5. The number of nitrogens with zero attached hydrogens (tertiary/aromatic N) is 2. The Hall–Kier alpha value is -3.48. The summed E-state index contributed by atoms with van der Waals surface area (Å²) >= 11 is 0. The molecule has 1 fully saturated rings. The van der Waals surface area contributed by atoms with Crippen LogP contribution in [0, 0.1) is 0 Å². The molecule has 3 heterocycles. The lowest BCUT2D eigenvalue weighted by Gasteiger charge is -2.27. The Balaban J connectivity index is 1.41. The van der Waals surface area contributed by atoms with E-state index >= 15 is 0 Å². The van der Waals surface area contributed by atoms with Crippen molar-refractivity contribution < 1.29 is 9.21 Å². The normalized spacial score (nSPS) is 14.6. The lowest BCUT2D eigenvalue weighted by Crippen LogP contribution is -2.42. The quantitative estimate of drug-likeness (QED) is 0.515. The van der Waals surface area contributed by atoms with Gasteiger partial charge in [-0.2, -0.15) is 0 Å². The van der Waals surface area contributed by atoms with E-state index in [2.05, 4.69) is 32.7 Å². The second-order valence-corrected chi connectivity index (χ2v) is 7.74. The van der Waals surface area contributed by atoms with Crippen LogP contribution in [0.5, 0.6) is 0 Å². The molecule has 0 atom stereocenters. The number of piperazine rings is 1. The summed E-state index contributed by atoms with van der Waals surface area (Å²) in [5.74, 6) is 0.559. The number of para-hydroxylation sites is 1. The van der Waals surface area contributed by atoms with E-state index in [-0.39, 0.29) is 5.91 Å². The number of pyridine rings is 1. The predicted molar refractivity (Wildman–Crippen MR) is 122 cm³/mol. The standard InChI is InChI=1S/C25H24N4O2/c30-25(19-7-9-26-10-8-19)28-22-4-2-1-3-21(22)24-16-20-15-18(5-6-23(20)31-24)17-29-13-11-27-12-14-29/h1-10,15-16,27H,11-14,17H2,(H,28,30). The molecule has 2 aromatic heterocycles. The van der Waals surface area contributed by atoms with Crippen molar-refractivity contribution in [2.24, 2.45) is 0 Å². The Morgan fingerprint density at radius 2 is 1.84 bits per heavy atom. The number of carbonyl (C=O) groups is 1. The number of carbonyl (C=O) groups excluding carboxylic acids is 1. The van der Waals surface area contributed by atoms with Crippen molar-refractivity contribution in [2.45, 2.75) is 6.54 Å². The second-order valence-electron chi connectivity index (χ2n) is 7.74. The van der Waals surface area contributed by atoms with Crippen LogP contribution < -0.4 is 10.6 Å². The Labute approximate surface area is 180 Å². The number of hydrogen-bond acceptors (Lipinski definition) is 5. The van der Waals surface area contributed by atoms with Gasteiger partial charge < -0.3 is 15.1 Å². The summed E-state index contributed by atoms with van der Waals surface area (Å²) in [6, 6.07) is 19.5. The monoisotopic (exact) mass is 412 g/mol. The van der Waals surface area contributed by atoms with Crippen LogP contribution in [0.1, 0.15) is 15.9 Å². The fraction of sp³-hybridized carbons (Fsp3) is 0.200. The number of furan rings is 1. The zero-order valence-electron chi connectivity index (χ0n) is 17.2. The van der Waals surface area contributed by atoms with Gasteiger partial charge in [0.25, 0.3) is 5.91 Å². The number of amides is 1. The lowest BCUT2D eigenvalue weighted by atomic mass is 10.1. The zero-order chi connectivity index (χ0) is 21.0. The zero-order valence-corrected chi connectivity index (χ0v) is 17.2. The summed E-state index contributed by atoms with van der Waals surface area (Å²) in [6.45, 7) is 5.16. The number of hydrogen-bond donors (Lipinski definition) is 2. The fourth-order valence-corrected chi connectivity index (χ4v) is 3.96. The molecule has 0 aliphatic carbocycles. The number of fused-ring (bicyclic) bond motifs is 1. The van der Waals surface area contributed by atoms with Crippen molar-refractivity contribution in [2.75, 3.05) is 31.5 Å². The lowest BCUT2D eigenvalue weighted by molar-refractivity contribution is 0.102. The summed E-state index contributed by atoms with van der Waals surface area (Å²) in [7, 11) is 0. The molecule has 0 radical (unpaired) electrons. The van der Waals surface area contributed by atoms with Gasteiger partial charge >= 0.3 is 0 Å². The van der Waals surface area contributed by atoms with Crippen LogP contribution >= 0.6 is 0 Å². The van der Waals surface area contributed by atoms with Crippen LogP contribution in [-0.2, 0) is 6.54 Å². The number of nitrogens with one attached hydrogen (secondary N) is 2. The van der Waals surface area contributed by atoms with Gasteiger partial charge in [0.2, 0.25) is 0 Å². The molecule has 2 N–H and O–H groups in total. The van der Waals surface area contributed by atoms with E-state index in [0.717, 1.165) is 55.0 Å². The molecule has 0 bridgehead atoms. The van der Waals surface area contributed by atoms with Gasteiger partial charge in [0.05, 0.1) is 5.69 Å². The number of rotatable bonds is 5. The number of anilines is 1. The minimum absolute atomic E-state index is 0.177.